The van der Waals surface area contributed by atoms with Crippen LogP contribution in [0.3, 0.4) is 0 Å². The lowest BCUT2D eigenvalue weighted by Gasteiger charge is -2.18. The van der Waals surface area contributed by atoms with Crippen LogP contribution in [0.25, 0.3) is 0 Å². The summed E-state index contributed by atoms with van der Waals surface area (Å²) in [7, 11) is 0. The van der Waals surface area contributed by atoms with E-state index in [-0.39, 0.29) is 28.9 Å². The molecule has 1 amide bonds. The average molecular weight is 373 g/mol. The first-order valence-corrected chi connectivity index (χ1v) is 7.98. The monoisotopic (exact) mass is 373 g/mol. The molecule has 0 saturated heterocycles. The smallest absolute Gasteiger partial charge is 0.252 e. The molecular formula is C19H14F3N3O2. The molecule has 0 fully saturated rings. The van der Waals surface area contributed by atoms with Crippen LogP contribution in [0.2, 0.25) is 0 Å². The van der Waals surface area contributed by atoms with E-state index in [9.17, 15) is 22.8 Å². The maximum atomic E-state index is 14.2. The van der Waals surface area contributed by atoms with Gasteiger partial charge in [0.25, 0.3) is 5.91 Å². The van der Waals surface area contributed by atoms with E-state index in [0.717, 1.165) is 12.1 Å². The standard InChI is InChI=1S/C19H14F3N3O2/c20-14-5-3-11(8-16(14)22)13(18-15(21)2-1-7-23-18)10-25-19(27)12-4-6-17(26)24-9-12/h1-9,13H,10H2,(H,24,26)(H,25,27). The van der Waals surface area contributed by atoms with Crippen molar-refractivity contribution in [2.24, 2.45) is 0 Å². The summed E-state index contributed by atoms with van der Waals surface area (Å²) in [6.45, 7) is -0.114. The number of nitrogens with one attached hydrogen (secondary N) is 2. The van der Waals surface area contributed by atoms with Gasteiger partial charge in [0.1, 0.15) is 5.82 Å². The summed E-state index contributed by atoms with van der Waals surface area (Å²) in [6.07, 6.45) is 2.61. The van der Waals surface area contributed by atoms with Gasteiger partial charge in [0.05, 0.1) is 11.3 Å². The molecule has 5 nitrogen and oxygen atoms in total. The van der Waals surface area contributed by atoms with Crippen molar-refractivity contribution < 1.29 is 18.0 Å². The molecule has 2 heterocycles. The number of aromatic amines is 1. The van der Waals surface area contributed by atoms with Crippen molar-refractivity contribution in [2.45, 2.75) is 5.92 Å². The van der Waals surface area contributed by atoms with Gasteiger partial charge in [-0.1, -0.05) is 6.07 Å². The van der Waals surface area contributed by atoms with Crippen LogP contribution in [-0.4, -0.2) is 22.4 Å². The largest absolute Gasteiger partial charge is 0.351 e. The van der Waals surface area contributed by atoms with Crippen LogP contribution in [0.4, 0.5) is 13.2 Å². The fourth-order valence-electron chi connectivity index (χ4n) is 2.60. The Bertz CT molecular complexity index is 1020. The molecule has 3 aromatic rings. The molecule has 2 N–H and O–H groups in total. The highest BCUT2D eigenvalue weighted by Gasteiger charge is 2.22. The molecule has 1 aromatic carbocycles. The van der Waals surface area contributed by atoms with E-state index in [2.05, 4.69) is 15.3 Å². The number of aromatic nitrogens is 2. The molecule has 8 heteroatoms. The quantitative estimate of drug-likeness (QED) is 0.722. The van der Waals surface area contributed by atoms with E-state index < -0.39 is 29.3 Å². The number of benzene rings is 1. The number of hydrogen-bond acceptors (Lipinski definition) is 3. The van der Waals surface area contributed by atoms with Gasteiger partial charge < -0.3 is 10.3 Å². The Morgan fingerprint density at radius 2 is 1.89 bits per heavy atom. The van der Waals surface area contributed by atoms with Gasteiger partial charge in [0, 0.05) is 30.9 Å². The predicted molar refractivity (Wildman–Crippen MR) is 91.8 cm³/mol. The van der Waals surface area contributed by atoms with Gasteiger partial charge in [-0.2, -0.15) is 0 Å². The fourth-order valence-corrected chi connectivity index (χ4v) is 2.60. The summed E-state index contributed by atoms with van der Waals surface area (Å²) in [4.78, 5) is 29.7. The van der Waals surface area contributed by atoms with Crippen molar-refractivity contribution in [2.75, 3.05) is 6.54 Å². The predicted octanol–water partition coefficient (Wildman–Crippen LogP) is 2.75. The van der Waals surface area contributed by atoms with Crippen molar-refractivity contribution >= 4 is 5.91 Å². The van der Waals surface area contributed by atoms with Crippen LogP contribution in [0.1, 0.15) is 27.5 Å². The molecule has 0 radical (unpaired) electrons. The normalized spacial score (nSPS) is 11.8. The molecule has 27 heavy (non-hydrogen) atoms. The maximum absolute atomic E-state index is 14.2. The van der Waals surface area contributed by atoms with Crippen molar-refractivity contribution in [1.29, 1.82) is 0 Å². The SMILES string of the molecule is O=C(NCC(c1ccc(F)c(F)c1)c1ncccc1F)c1ccc(=O)[nH]c1. The third kappa shape index (κ3) is 4.22. The third-order valence-corrected chi connectivity index (χ3v) is 3.98. The summed E-state index contributed by atoms with van der Waals surface area (Å²) < 4.78 is 41.1. The van der Waals surface area contributed by atoms with Crippen LogP contribution in [0.15, 0.2) is 59.7 Å². The highest BCUT2D eigenvalue weighted by molar-refractivity contribution is 5.93. The number of pyridine rings is 2. The van der Waals surface area contributed by atoms with E-state index in [1.807, 2.05) is 0 Å². The Balaban J connectivity index is 1.89. The summed E-state index contributed by atoms with van der Waals surface area (Å²) >= 11 is 0. The topological polar surface area (TPSA) is 74.8 Å². The number of halogens is 3. The first-order valence-electron chi connectivity index (χ1n) is 7.98. The zero-order valence-corrected chi connectivity index (χ0v) is 13.9. The molecule has 0 saturated carbocycles. The molecule has 0 aliphatic carbocycles. The minimum Gasteiger partial charge on any atom is -0.351 e. The van der Waals surface area contributed by atoms with E-state index in [1.54, 1.807) is 0 Å². The molecule has 138 valence electrons. The van der Waals surface area contributed by atoms with Crippen LogP contribution in [-0.2, 0) is 0 Å². The fraction of sp³-hybridized carbons (Fsp3) is 0.105. The van der Waals surface area contributed by atoms with E-state index >= 15 is 0 Å². The zero-order valence-electron chi connectivity index (χ0n) is 13.9. The van der Waals surface area contributed by atoms with E-state index in [1.165, 1.54) is 42.7 Å². The second-order valence-electron chi connectivity index (χ2n) is 5.75. The molecule has 1 unspecified atom stereocenters. The second kappa shape index (κ2) is 7.86. The van der Waals surface area contributed by atoms with Gasteiger partial charge in [-0.25, -0.2) is 13.2 Å². The molecule has 0 aliphatic rings. The highest BCUT2D eigenvalue weighted by atomic mass is 19.2. The molecular weight excluding hydrogens is 359 g/mol. The lowest BCUT2D eigenvalue weighted by atomic mass is 9.94. The van der Waals surface area contributed by atoms with Gasteiger partial charge in [0.15, 0.2) is 11.6 Å². The van der Waals surface area contributed by atoms with Gasteiger partial charge in [-0.3, -0.25) is 14.6 Å². The van der Waals surface area contributed by atoms with E-state index in [4.69, 9.17) is 0 Å². The van der Waals surface area contributed by atoms with Crippen LogP contribution in [0.5, 0.6) is 0 Å². The Labute approximate surface area is 151 Å². The number of carbonyl (C=O) groups excluding carboxylic acids is 1. The van der Waals surface area contributed by atoms with Crippen molar-refractivity contribution in [3.05, 3.63) is 99.5 Å². The minimum atomic E-state index is -1.08. The first-order chi connectivity index (χ1) is 13.0. The molecule has 1 atom stereocenters. The van der Waals surface area contributed by atoms with E-state index in [0.29, 0.717) is 0 Å². The lowest BCUT2D eigenvalue weighted by molar-refractivity contribution is 0.0951. The number of rotatable bonds is 5. The summed E-state index contributed by atoms with van der Waals surface area (Å²) in [6, 6.07) is 8.31. The maximum Gasteiger partial charge on any atom is 0.252 e. The Morgan fingerprint density at radius 1 is 1.07 bits per heavy atom. The summed E-state index contributed by atoms with van der Waals surface area (Å²) in [5.74, 6) is -4.11. The first kappa shape index (κ1) is 18.4. The minimum absolute atomic E-state index is 0.00900. The molecule has 0 bridgehead atoms. The van der Waals surface area contributed by atoms with Crippen molar-refractivity contribution in [1.82, 2.24) is 15.3 Å². The Hall–Kier alpha value is -3.42. The van der Waals surface area contributed by atoms with Crippen LogP contribution < -0.4 is 10.9 Å². The second-order valence-corrected chi connectivity index (χ2v) is 5.75. The lowest BCUT2D eigenvalue weighted by Crippen LogP contribution is -2.30. The van der Waals surface area contributed by atoms with Gasteiger partial charge in [0.2, 0.25) is 5.56 Å². The van der Waals surface area contributed by atoms with Crippen molar-refractivity contribution in [3.63, 3.8) is 0 Å². The molecule has 2 aromatic heterocycles. The number of carbonyl (C=O) groups is 1. The highest BCUT2D eigenvalue weighted by Crippen LogP contribution is 2.26. The zero-order chi connectivity index (χ0) is 19.4. The summed E-state index contributed by atoms with van der Waals surface area (Å²) in [5.41, 5.74) is 0.0837. The van der Waals surface area contributed by atoms with Crippen LogP contribution >= 0.6 is 0 Å². The molecule has 0 spiro atoms. The Kier molecular flexibility index (Phi) is 5.35. The number of nitrogens with zero attached hydrogens (tertiary/aromatic N) is 1. The Morgan fingerprint density at radius 3 is 2.56 bits per heavy atom. The summed E-state index contributed by atoms with van der Waals surface area (Å²) in [5, 5.41) is 2.59. The average Bonchev–Trinajstić information content (AvgIpc) is 2.66. The van der Waals surface area contributed by atoms with Crippen molar-refractivity contribution in [3.8, 4) is 0 Å². The van der Waals surface area contributed by atoms with Crippen LogP contribution in [0, 0.1) is 17.5 Å². The third-order valence-electron chi connectivity index (χ3n) is 3.98. The number of amides is 1. The number of H-pyrrole nitrogens is 1. The number of hydrogen-bond donors (Lipinski definition) is 2. The molecule has 3 rings (SSSR count). The molecule has 0 aliphatic heterocycles. The van der Waals surface area contributed by atoms with Gasteiger partial charge >= 0.3 is 0 Å². The van der Waals surface area contributed by atoms with Gasteiger partial charge in [-0.05, 0) is 35.9 Å². The van der Waals surface area contributed by atoms with Gasteiger partial charge in [-0.15, -0.1) is 0 Å².